The molecule has 15 heavy (non-hydrogen) atoms. The minimum absolute atomic E-state index is 0.273. The lowest BCUT2D eigenvalue weighted by molar-refractivity contribution is 1.02. The van der Waals surface area contributed by atoms with Gasteiger partial charge in [-0.3, -0.25) is 14.9 Å². The van der Waals surface area contributed by atoms with E-state index in [1.165, 1.54) is 0 Å². The molecule has 0 atom stereocenters. The van der Waals surface area contributed by atoms with Crippen molar-refractivity contribution in [1.82, 2.24) is 15.2 Å². The Hall–Kier alpha value is -2.24. The first-order valence-corrected chi connectivity index (χ1v) is 4.36. The highest BCUT2D eigenvalue weighted by Crippen LogP contribution is 2.15. The number of hydrogen-bond acceptors (Lipinski definition) is 4. The van der Waals surface area contributed by atoms with Gasteiger partial charge in [0.25, 0.3) is 5.56 Å². The molecule has 2 aromatic heterocycles. The van der Waals surface area contributed by atoms with Gasteiger partial charge in [-0.05, 0) is 19.1 Å². The first kappa shape index (κ1) is 9.32. The maximum absolute atomic E-state index is 11.2. The second-order valence-electron chi connectivity index (χ2n) is 2.96. The van der Waals surface area contributed by atoms with Crippen LogP contribution in [0, 0.1) is 6.92 Å². The topological polar surface area (TPSA) is 86.3 Å². The van der Waals surface area contributed by atoms with Gasteiger partial charge < -0.3 is 5.10 Å². The second-order valence-corrected chi connectivity index (χ2v) is 2.96. The fourth-order valence-corrected chi connectivity index (χ4v) is 1.08. The molecule has 0 bridgehead atoms. The fourth-order valence-electron chi connectivity index (χ4n) is 1.08. The minimum Gasteiger partial charge on any atom is -0.300 e. The van der Waals surface area contributed by atoms with Crippen LogP contribution in [0.25, 0.3) is 0 Å². The normalized spacial score (nSPS) is 11.0. The molecule has 2 heterocycles. The Bertz CT molecular complexity index is 525. The van der Waals surface area contributed by atoms with Crippen LogP contribution in [-0.2, 0) is 0 Å². The van der Waals surface area contributed by atoms with Crippen molar-refractivity contribution in [3.8, 4) is 0 Å². The highest BCUT2D eigenvalue weighted by atomic mass is 16.1. The summed E-state index contributed by atoms with van der Waals surface area (Å²) in [4.78, 5) is 15.1. The quantitative estimate of drug-likeness (QED) is 0.729. The maximum atomic E-state index is 11.2. The van der Waals surface area contributed by atoms with Crippen LogP contribution < -0.4 is 5.56 Å². The van der Waals surface area contributed by atoms with Gasteiger partial charge in [0, 0.05) is 12.4 Å². The van der Waals surface area contributed by atoms with Crippen LogP contribution in [0.3, 0.4) is 0 Å². The second kappa shape index (κ2) is 3.87. The molecule has 2 N–H and O–H groups in total. The Balaban J connectivity index is 2.30. The predicted molar refractivity (Wildman–Crippen MR) is 54.6 cm³/mol. The summed E-state index contributed by atoms with van der Waals surface area (Å²) < 4.78 is 0. The fraction of sp³-hybridized carbons (Fsp3) is 0.111. The number of hydrogen-bond donors (Lipinski definition) is 2. The van der Waals surface area contributed by atoms with Gasteiger partial charge in [-0.1, -0.05) is 0 Å². The van der Waals surface area contributed by atoms with E-state index in [1.54, 1.807) is 31.5 Å². The highest BCUT2D eigenvalue weighted by Gasteiger charge is 2.03. The van der Waals surface area contributed by atoms with Crippen LogP contribution in [0.15, 0.2) is 39.5 Å². The Morgan fingerprint density at radius 2 is 1.93 bits per heavy atom. The highest BCUT2D eigenvalue weighted by molar-refractivity contribution is 5.39. The predicted octanol–water partition coefficient (Wildman–Crippen LogP) is 1.82. The van der Waals surface area contributed by atoms with Crippen LogP contribution in [0.2, 0.25) is 0 Å². The van der Waals surface area contributed by atoms with E-state index in [0.29, 0.717) is 17.1 Å². The van der Waals surface area contributed by atoms with Crippen LogP contribution in [0.4, 0.5) is 11.4 Å². The van der Waals surface area contributed by atoms with E-state index < -0.39 is 0 Å². The van der Waals surface area contributed by atoms with E-state index in [9.17, 15) is 4.79 Å². The molecular weight excluding hydrogens is 194 g/mol. The summed E-state index contributed by atoms with van der Waals surface area (Å²) in [6.07, 6.45) is 3.23. The average Bonchev–Trinajstić information content (AvgIpc) is 2.58. The number of pyridine rings is 1. The molecule has 0 amide bonds. The zero-order valence-corrected chi connectivity index (χ0v) is 8.06. The largest absolute Gasteiger partial charge is 0.300 e. The minimum atomic E-state index is -0.273. The zero-order valence-electron chi connectivity index (χ0n) is 8.06. The summed E-state index contributed by atoms with van der Waals surface area (Å²) in [7, 11) is 0. The zero-order chi connectivity index (χ0) is 10.7. The molecule has 0 spiro atoms. The summed E-state index contributed by atoms with van der Waals surface area (Å²) in [5.74, 6) is 0. The van der Waals surface area contributed by atoms with E-state index in [-0.39, 0.29) is 5.56 Å². The number of rotatable bonds is 2. The first-order valence-electron chi connectivity index (χ1n) is 4.36. The number of aromatic nitrogens is 3. The van der Waals surface area contributed by atoms with Gasteiger partial charge in [-0.25, -0.2) is 0 Å². The molecule has 0 unspecified atom stereocenters. The van der Waals surface area contributed by atoms with Gasteiger partial charge in [0.2, 0.25) is 0 Å². The molecule has 0 saturated heterocycles. The Labute approximate surface area is 85.1 Å². The van der Waals surface area contributed by atoms with Gasteiger partial charge in [-0.15, -0.1) is 5.11 Å². The van der Waals surface area contributed by atoms with Gasteiger partial charge >= 0.3 is 0 Å². The number of H-pyrrole nitrogens is 2. The van der Waals surface area contributed by atoms with Crippen molar-refractivity contribution in [1.29, 1.82) is 0 Å². The molecule has 6 heteroatoms. The van der Waals surface area contributed by atoms with Crippen LogP contribution >= 0.6 is 0 Å². The van der Waals surface area contributed by atoms with E-state index in [0.717, 1.165) is 0 Å². The van der Waals surface area contributed by atoms with E-state index in [1.807, 2.05) is 0 Å². The first-order chi connectivity index (χ1) is 7.27. The molecule has 0 aliphatic carbocycles. The molecule has 2 rings (SSSR count). The number of aryl methyl sites for hydroxylation is 1. The molecule has 0 saturated carbocycles. The third-order valence-corrected chi connectivity index (χ3v) is 1.86. The van der Waals surface area contributed by atoms with Gasteiger partial charge in [0.1, 0.15) is 0 Å². The van der Waals surface area contributed by atoms with Gasteiger partial charge in [0.15, 0.2) is 5.69 Å². The SMILES string of the molecule is Cc1[nH][nH]c(=O)c1N=Nc1ccncc1. The summed E-state index contributed by atoms with van der Waals surface area (Å²) in [5, 5.41) is 12.9. The number of nitrogens with zero attached hydrogens (tertiary/aromatic N) is 3. The van der Waals surface area contributed by atoms with Crippen molar-refractivity contribution in [3.63, 3.8) is 0 Å². The lowest BCUT2D eigenvalue weighted by Crippen LogP contribution is -1.96. The van der Waals surface area contributed by atoms with Crippen molar-refractivity contribution in [2.75, 3.05) is 0 Å². The average molecular weight is 203 g/mol. The molecular formula is C9H9N5O. The van der Waals surface area contributed by atoms with Crippen molar-refractivity contribution in [2.24, 2.45) is 10.2 Å². The summed E-state index contributed by atoms with van der Waals surface area (Å²) >= 11 is 0. The van der Waals surface area contributed by atoms with Gasteiger partial charge in [-0.2, -0.15) is 5.11 Å². The molecule has 6 nitrogen and oxygen atoms in total. The smallest absolute Gasteiger partial charge is 0.291 e. The van der Waals surface area contributed by atoms with Crippen molar-refractivity contribution >= 4 is 11.4 Å². The number of nitrogens with one attached hydrogen (secondary N) is 2. The molecule has 0 radical (unpaired) electrons. The third-order valence-electron chi connectivity index (χ3n) is 1.86. The van der Waals surface area contributed by atoms with Crippen LogP contribution in [-0.4, -0.2) is 15.2 Å². The van der Waals surface area contributed by atoms with Crippen molar-refractivity contribution < 1.29 is 0 Å². The standard InChI is InChI=1S/C9H9N5O/c1-6-8(9(15)14-11-6)13-12-7-2-4-10-5-3-7/h2-5H,1H3,(H2,11,14,15). The van der Waals surface area contributed by atoms with Crippen molar-refractivity contribution in [3.05, 3.63) is 40.6 Å². The monoisotopic (exact) mass is 203 g/mol. The lowest BCUT2D eigenvalue weighted by Gasteiger charge is -1.89. The van der Waals surface area contributed by atoms with Crippen molar-refractivity contribution in [2.45, 2.75) is 6.92 Å². The molecule has 0 aliphatic rings. The molecule has 0 aliphatic heterocycles. The summed E-state index contributed by atoms with van der Waals surface area (Å²) in [5.41, 5.74) is 1.35. The van der Waals surface area contributed by atoms with Crippen LogP contribution in [0.5, 0.6) is 0 Å². The van der Waals surface area contributed by atoms with E-state index in [2.05, 4.69) is 25.4 Å². The Morgan fingerprint density at radius 1 is 1.20 bits per heavy atom. The van der Waals surface area contributed by atoms with E-state index in [4.69, 9.17) is 0 Å². The molecule has 0 aromatic carbocycles. The number of azo groups is 1. The van der Waals surface area contributed by atoms with E-state index >= 15 is 0 Å². The Kier molecular flexibility index (Phi) is 2.40. The van der Waals surface area contributed by atoms with Gasteiger partial charge in [0.05, 0.1) is 11.4 Å². The molecule has 0 fully saturated rings. The van der Waals surface area contributed by atoms with Crippen LogP contribution in [0.1, 0.15) is 5.69 Å². The third kappa shape index (κ3) is 1.98. The maximum Gasteiger partial charge on any atom is 0.291 e. The number of aromatic amines is 2. The summed E-state index contributed by atoms with van der Waals surface area (Å²) in [6, 6.07) is 3.42. The lowest BCUT2D eigenvalue weighted by atomic mass is 10.4. The molecule has 2 aromatic rings. The Morgan fingerprint density at radius 3 is 2.53 bits per heavy atom. The summed E-state index contributed by atoms with van der Waals surface area (Å²) in [6.45, 7) is 1.75. The molecule has 76 valence electrons.